The highest BCUT2D eigenvalue weighted by molar-refractivity contribution is 14.0. The number of hydrogen-bond donors (Lipinski definition) is 2. The molecule has 0 radical (unpaired) electrons. The first-order valence-corrected chi connectivity index (χ1v) is 11.0. The summed E-state index contributed by atoms with van der Waals surface area (Å²) in [5.74, 6) is 2.58. The van der Waals surface area contributed by atoms with Crippen molar-refractivity contribution in [2.24, 2.45) is 4.99 Å². The molecule has 176 valence electrons. The molecule has 3 rings (SSSR count). The molecule has 1 aliphatic heterocycles. The van der Waals surface area contributed by atoms with E-state index in [1.54, 1.807) is 0 Å². The van der Waals surface area contributed by atoms with Crippen molar-refractivity contribution in [2.45, 2.75) is 45.9 Å². The van der Waals surface area contributed by atoms with Crippen LogP contribution in [0.3, 0.4) is 0 Å². The maximum absolute atomic E-state index is 6.11. The molecule has 0 aliphatic carbocycles. The number of rotatable bonds is 9. The lowest BCUT2D eigenvalue weighted by Gasteiger charge is -2.16. The lowest BCUT2D eigenvalue weighted by molar-refractivity contribution is 0.0676. The number of nitrogens with one attached hydrogen (secondary N) is 2. The van der Waals surface area contributed by atoms with Gasteiger partial charge in [0.2, 0.25) is 0 Å². The molecule has 1 aromatic heterocycles. The van der Waals surface area contributed by atoms with Crippen LogP contribution in [-0.4, -0.2) is 50.9 Å². The number of hydrogen-bond acceptors (Lipinski definition) is 5. The van der Waals surface area contributed by atoms with E-state index in [4.69, 9.17) is 14.5 Å². The van der Waals surface area contributed by atoms with Crippen molar-refractivity contribution in [3.63, 3.8) is 0 Å². The van der Waals surface area contributed by atoms with E-state index in [9.17, 15) is 0 Å². The number of halogens is 1. The maximum atomic E-state index is 6.11. The highest BCUT2D eigenvalue weighted by atomic mass is 127. The van der Waals surface area contributed by atoms with Crippen molar-refractivity contribution < 1.29 is 9.47 Å². The van der Waals surface area contributed by atoms with Gasteiger partial charge in [-0.25, -0.2) is 9.98 Å². The molecule has 0 spiro atoms. The van der Waals surface area contributed by atoms with Crippen LogP contribution < -0.4 is 20.3 Å². The van der Waals surface area contributed by atoms with Crippen LogP contribution in [0.2, 0.25) is 0 Å². The summed E-state index contributed by atoms with van der Waals surface area (Å²) in [6, 6.07) is 12.3. The maximum Gasteiger partial charge on any atom is 0.191 e. The molecule has 1 aliphatic rings. The highest BCUT2D eigenvalue weighted by Gasteiger charge is 2.17. The molecule has 0 bridgehead atoms. The second kappa shape index (κ2) is 13.5. The summed E-state index contributed by atoms with van der Waals surface area (Å²) < 4.78 is 11.8. The number of benzene rings is 1. The van der Waals surface area contributed by atoms with E-state index in [1.165, 1.54) is 5.56 Å². The first-order valence-electron chi connectivity index (χ1n) is 11.0. The zero-order valence-electron chi connectivity index (χ0n) is 19.6. The van der Waals surface area contributed by atoms with Crippen LogP contribution in [0.1, 0.15) is 36.6 Å². The van der Waals surface area contributed by atoms with Gasteiger partial charge in [0.25, 0.3) is 0 Å². The van der Waals surface area contributed by atoms with Crippen molar-refractivity contribution in [2.75, 3.05) is 38.8 Å². The minimum absolute atomic E-state index is 0. The van der Waals surface area contributed by atoms with Crippen molar-refractivity contribution in [3.8, 4) is 5.75 Å². The summed E-state index contributed by atoms with van der Waals surface area (Å²) in [5, 5.41) is 6.69. The summed E-state index contributed by atoms with van der Waals surface area (Å²) in [7, 11) is 3.98. The molecular weight excluding hydrogens is 517 g/mol. The molecule has 1 aromatic carbocycles. The molecule has 8 heteroatoms. The Bertz CT molecular complexity index is 869. The molecule has 1 atom stereocenters. The fourth-order valence-corrected chi connectivity index (χ4v) is 3.38. The number of guanidine groups is 1. The van der Waals surface area contributed by atoms with Crippen molar-refractivity contribution in [1.82, 2.24) is 15.6 Å². The Kier molecular flexibility index (Phi) is 11.0. The van der Waals surface area contributed by atoms with E-state index in [1.807, 2.05) is 37.2 Å². The van der Waals surface area contributed by atoms with Crippen LogP contribution in [0.25, 0.3) is 0 Å². The van der Waals surface area contributed by atoms with E-state index in [2.05, 4.69) is 47.7 Å². The lowest BCUT2D eigenvalue weighted by atomic mass is 10.1. The number of aliphatic imine (C=N–C) groups is 1. The second-order valence-electron chi connectivity index (χ2n) is 7.99. The number of anilines is 1. The van der Waals surface area contributed by atoms with Gasteiger partial charge in [0.05, 0.1) is 24.9 Å². The van der Waals surface area contributed by atoms with Crippen LogP contribution in [0, 0.1) is 6.92 Å². The number of pyridine rings is 1. The van der Waals surface area contributed by atoms with Crippen molar-refractivity contribution >= 4 is 35.8 Å². The fourth-order valence-electron chi connectivity index (χ4n) is 3.38. The van der Waals surface area contributed by atoms with Crippen LogP contribution in [0.5, 0.6) is 5.75 Å². The van der Waals surface area contributed by atoms with Gasteiger partial charge in [0, 0.05) is 32.8 Å². The van der Waals surface area contributed by atoms with Gasteiger partial charge in [-0.3, -0.25) is 0 Å². The van der Waals surface area contributed by atoms with Crippen LogP contribution in [0.15, 0.2) is 41.4 Å². The topological polar surface area (TPSA) is 71.0 Å². The van der Waals surface area contributed by atoms with Gasteiger partial charge in [-0.05, 0) is 50.5 Å². The summed E-state index contributed by atoms with van der Waals surface area (Å²) in [6.07, 6.45) is 2.38. The molecular formula is C24H36IN5O2. The van der Waals surface area contributed by atoms with E-state index in [-0.39, 0.29) is 30.1 Å². The van der Waals surface area contributed by atoms with Gasteiger partial charge in [-0.2, -0.15) is 0 Å². The molecule has 0 saturated carbocycles. The smallest absolute Gasteiger partial charge is 0.191 e. The molecule has 1 unspecified atom stereocenters. The molecule has 2 aromatic rings. The zero-order chi connectivity index (χ0) is 22.1. The molecule has 1 fully saturated rings. The van der Waals surface area contributed by atoms with Gasteiger partial charge in [0.1, 0.15) is 18.2 Å². The Morgan fingerprint density at radius 3 is 2.81 bits per heavy atom. The molecule has 32 heavy (non-hydrogen) atoms. The lowest BCUT2D eigenvalue weighted by Crippen LogP contribution is -2.37. The predicted octanol–water partition coefficient (Wildman–Crippen LogP) is 3.89. The van der Waals surface area contributed by atoms with Gasteiger partial charge in [-0.15, -0.1) is 24.0 Å². The third kappa shape index (κ3) is 8.12. The Labute approximate surface area is 209 Å². The number of aromatic nitrogens is 1. The number of ether oxygens (including phenoxy) is 2. The molecule has 0 amide bonds. The van der Waals surface area contributed by atoms with E-state index in [0.29, 0.717) is 19.7 Å². The van der Waals surface area contributed by atoms with Crippen LogP contribution in [-0.2, 0) is 17.8 Å². The van der Waals surface area contributed by atoms with E-state index in [0.717, 1.165) is 54.8 Å². The third-order valence-electron chi connectivity index (χ3n) is 5.11. The zero-order valence-corrected chi connectivity index (χ0v) is 21.9. The molecule has 7 nitrogen and oxygen atoms in total. The first-order chi connectivity index (χ1) is 15.0. The van der Waals surface area contributed by atoms with Gasteiger partial charge in [-0.1, -0.05) is 18.2 Å². The SMILES string of the molecule is CCNC(=NCc1ccc(C)cc1OCC1CCCO1)NCc1cccc(N(C)C)n1.I. The average molecular weight is 553 g/mol. The van der Waals surface area contributed by atoms with Gasteiger partial charge in [0.15, 0.2) is 5.96 Å². The van der Waals surface area contributed by atoms with Gasteiger partial charge >= 0.3 is 0 Å². The van der Waals surface area contributed by atoms with E-state index < -0.39 is 0 Å². The molecule has 2 N–H and O–H groups in total. The second-order valence-corrected chi connectivity index (χ2v) is 7.99. The van der Waals surface area contributed by atoms with Crippen LogP contribution >= 0.6 is 24.0 Å². The number of aryl methyl sites for hydroxylation is 1. The highest BCUT2D eigenvalue weighted by Crippen LogP contribution is 2.23. The Morgan fingerprint density at radius 2 is 2.09 bits per heavy atom. The summed E-state index contributed by atoms with van der Waals surface area (Å²) in [5.41, 5.74) is 3.20. The van der Waals surface area contributed by atoms with Crippen molar-refractivity contribution in [1.29, 1.82) is 0 Å². The summed E-state index contributed by atoms with van der Waals surface area (Å²) in [6.45, 7) is 7.48. The minimum atomic E-state index is 0. The standard InChI is InChI=1S/C24H35N5O2.HI/c1-5-25-24(27-16-20-8-6-10-23(28-20)29(3)4)26-15-19-12-11-18(2)14-22(19)31-17-21-9-7-13-30-21;/h6,8,10-12,14,21H,5,7,9,13,15-17H2,1-4H3,(H2,25,26,27);1H. The van der Waals surface area contributed by atoms with E-state index >= 15 is 0 Å². The molecule has 2 heterocycles. The van der Waals surface area contributed by atoms with Crippen LogP contribution in [0.4, 0.5) is 5.82 Å². The largest absolute Gasteiger partial charge is 0.491 e. The first kappa shape index (κ1) is 26.2. The Balaban J connectivity index is 0.00000363. The third-order valence-corrected chi connectivity index (χ3v) is 5.11. The Morgan fingerprint density at radius 1 is 1.25 bits per heavy atom. The minimum Gasteiger partial charge on any atom is -0.491 e. The predicted molar refractivity (Wildman–Crippen MR) is 141 cm³/mol. The monoisotopic (exact) mass is 553 g/mol. The quantitative estimate of drug-likeness (QED) is 0.279. The fraction of sp³-hybridized carbons (Fsp3) is 0.500. The summed E-state index contributed by atoms with van der Waals surface area (Å²) >= 11 is 0. The Hall–Kier alpha value is -2.07. The number of nitrogens with zero attached hydrogens (tertiary/aromatic N) is 3. The normalized spacial score (nSPS) is 15.8. The average Bonchev–Trinajstić information content (AvgIpc) is 3.29. The molecule has 1 saturated heterocycles. The summed E-state index contributed by atoms with van der Waals surface area (Å²) in [4.78, 5) is 11.4. The van der Waals surface area contributed by atoms with Crippen molar-refractivity contribution in [3.05, 3.63) is 53.2 Å². The van der Waals surface area contributed by atoms with Gasteiger partial charge < -0.3 is 25.0 Å².